The molecule has 3 unspecified atom stereocenters. The summed E-state index contributed by atoms with van der Waals surface area (Å²) in [5.74, 6) is 0.346. The van der Waals surface area contributed by atoms with Crippen molar-refractivity contribution >= 4 is 0 Å². The summed E-state index contributed by atoms with van der Waals surface area (Å²) in [6, 6.07) is 2.50. The normalized spacial score (nSPS) is 45.5. The first-order chi connectivity index (χ1) is 7.70. The third kappa shape index (κ3) is 1.20. The van der Waals surface area contributed by atoms with E-state index in [1.165, 1.54) is 0 Å². The van der Waals surface area contributed by atoms with E-state index >= 15 is 0 Å². The molecule has 3 aliphatic rings. The molecule has 88 valence electrons. The highest BCUT2D eigenvalue weighted by Crippen LogP contribution is 2.54. The molecule has 0 radical (unpaired) electrons. The number of rotatable bonds is 1. The van der Waals surface area contributed by atoms with Crippen LogP contribution in [-0.2, 0) is 0 Å². The van der Waals surface area contributed by atoms with Crippen molar-refractivity contribution in [1.82, 2.24) is 4.90 Å². The second-order valence-corrected chi connectivity index (χ2v) is 5.86. The van der Waals surface area contributed by atoms with Gasteiger partial charge in [0.1, 0.15) is 0 Å². The maximum atomic E-state index is 11.1. The van der Waals surface area contributed by atoms with Crippen LogP contribution >= 0.6 is 0 Å². The summed E-state index contributed by atoms with van der Waals surface area (Å²) in [7, 11) is 0. The van der Waals surface area contributed by atoms with Gasteiger partial charge >= 0.3 is 0 Å². The predicted octanol–water partition coefficient (Wildman–Crippen LogP) is 1.53. The highest BCUT2D eigenvalue weighted by Gasteiger charge is 2.59. The van der Waals surface area contributed by atoms with Crippen molar-refractivity contribution in [2.75, 3.05) is 19.6 Å². The first-order valence-electron chi connectivity index (χ1n) is 6.56. The van der Waals surface area contributed by atoms with E-state index in [2.05, 4.69) is 11.0 Å². The Labute approximate surface area is 97.0 Å². The number of nitrogens with zero attached hydrogens (tertiary/aromatic N) is 2. The van der Waals surface area contributed by atoms with Gasteiger partial charge < -0.3 is 10.0 Å². The van der Waals surface area contributed by atoms with Crippen molar-refractivity contribution in [3.8, 4) is 6.07 Å². The minimum absolute atomic E-state index is 0.346. The molecule has 2 saturated heterocycles. The fraction of sp³-hybridized carbons (Fsp3) is 0.923. The van der Waals surface area contributed by atoms with Crippen LogP contribution in [0.25, 0.3) is 0 Å². The Balaban J connectivity index is 1.94. The minimum atomic E-state index is -0.689. The van der Waals surface area contributed by atoms with Crippen LogP contribution in [0.5, 0.6) is 0 Å². The Kier molecular flexibility index (Phi) is 2.28. The molecule has 3 rings (SSSR count). The maximum Gasteiger partial charge on any atom is 0.0886 e. The standard InChI is InChI=1S/C13H20N2O/c14-10-12(4-1-2-5-12)13(16)6-8-15-7-3-11(13)9-15/h11,16H,1-9H2. The quantitative estimate of drug-likeness (QED) is 0.729. The second-order valence-electron chi connectivity index (χ2n) is 5.86. The smallest absolute Gasteiger partial charge is 0.0886 e. The summed E-state index contributed by atoms with van der Waals surface area (Å²) in [5, 5.41) is 20.6. The molecule has 0 spiro atoms. The van der Waals surface area contributed by atoms with E-state index in [0.717, 1.165) is 58.2 Å². The lowest BCUT2D eigenvalue weighted by Gasteiger charge is -2.47. The summed E-state index contributed by atoms with van der Waals surface area (Å²) in [6.45, 7) is 3.12. The van der Waals surface area contributed by atoms with Gasteiger partial charge in [0, 0.05) is 19.0 Å². The molecule has 0 aromatic carbocycles. The molecule has 16 heavy (non-hydrogen) atoms. The van der Waals surface area contributed by atoms with Crippen LogP contribution in [0.15, 0.2) is 0 Å². The summed E-state index contributed by atoms with van der Waals surface area (Å²) < 4.78 is 0. The van der Waals surface area contributed by atoms with Gasteiger partial charge in [-0.05, 0) is 32.2 Å². The summed E-state index contributed by atoms with van der Waals surface area (Å²) >= 11 is 0. The van der Waals surface area contributed by atoms with Gasteiger partial charge in [-0.1, -0.05) is 12.8 Å². The van der Waals surface area contributed by atoms with Gasteiger partial charge in [-0.15, -0.1) is 0 Å². The van der Waals surface area contributed by atoms with E-state index in [0.29, 0.717) is 5.92 Å². The molecule has 2 aliphatic heterocycles. The van der Waals surface area contributed by atoms with Gasteiger partial charge in [0.15, 0.2) is 0 Å². The number of aliphatic hydroxyl groups is 1. The van der Waals surface area contributed by atoms with Gasteiger partial charge in [0.2, 0.25) is 0 Å². The summed E-state index contributed by atoms with van der Waals surface area (Å²) in [6.07, 6.45) is 5.96. The Morgan fingerprint density at radius 3 is 2.62 bits per heavy atom. The van der Waals surface area contributed by atoms with Crippen molar-refractivity contribution in [3.63, 3.8) is 0 Å². The third-order valence-electron chi connectivity index (χ3n) is 5.26. The predicted molar refractivity (Wildman–Crippen MR) is 60.6 cm³/mol. The monoisotopic (exact) mass is 220 g/mol. The van der Waals surface area contributed by atoms with Crippen LogP contribution in [0.4, 0.5) is 0 Å². The molecule has 1 saturated carbocycles. The van der Waals surface area contributed by atoms with Gasteiger partial charge in [0.05, 0.1) is 17.1 Å². The first-order valence-corrected chi connectivity index (χ1v) is 6.56. The van der Waals surface area contributed by atoms with Crippen LogP contribution in [0.3, 0.4) is 0 Å². The SMILES string of the molecule is N#CC1(C2(O)CCN3CCC2C3)CCCC1. The molecule has 0 amide bonds. The first kappa shape index (κ1) is 10.6. The molecular weight excluding hydrogens is 200 g/mol. The molecule has 2 bridgehead atoms. The fourth-order valence-electron chi connectivity index (χ4n) is 4.21. The molecule has 3 atom stereocenters. The zero-order valence-corrected chi connectivity index (χ0v) is 9.78. The highest BCUT2D eigenvalue weighted by atomic mass is 16.3. The average Bonchev–Trinajstić information content (AvgIpc) is 2.94. The van der Waals surface area contributed by atoms with E-state index in [1.807, 2.05) is 0 Å². The van der Waals surface area contributed by atoms with Gasteiger partial charge in [-0.2, -0.15) is 5.26 Å². The maximum absolute atomic E-state index is 11.1. The number of hydrogen-bond donors (Lipinski definition) is 1. The average molecular weight is 220 g/mol. The largest absolute Gasteiger partial charge is 0.388 e. The van der Waals surface area contributed by atoms with Crippen molar-refractivity contribution in [1.29, 1.82) is 5.26 Å². The Morgan fingerprint density at radius 1 is 1.19 bits per heavy atom. The van der Waals surface area contributed by atoms with Crippen molar-refractivity contribution < 1.29 is 5.11 Å². The zero-order chi connectivity index (χ0) is 11.2. The lowest BCUT2D eigenvalue weighted by Crippen LogP contribution is -2.56. The number of nitriles is 1. The topological polar surface area (TPSA) is 47.3 Å². The number of fused-ring (bicyclic) bond motifs is 2. The van der Waals surface area contributed by atoms with Crippen LogP contribution < -0.4 is 0 Å². The van der Waals surface area contributed by atoms with Crippen LogP contribution in [-0.4, -0.2) is 35.2 Å². The molecule has 2 heterocycles. The molecule has 0 aromatic rings. The Bertz CT molecular complexity index is 329. The van der Waals surface area contributed by atoms with Crippen LogP contribution in [0.2, 0.25) is 0 Å². The molecule has 0 aromatic heterocycles. The minimum Gasteiger partial charge on any atom is -0.388 e. The van der Waals surface area contributed by atoms with Gasteiger partial charge in [0.25, 0.3) is 0 Å². The summed E-state index contributed by atoms with van der Waals surface area (Å²) in [5.41, 5.74) is -1.11. The lowest BCUT2D eigenvalue weighted by atomic mass is 9.62. The summed E-state index contributed by atoms with van der Waals surface area (Å²) in [4.78, 5) is 2.43. The zero-order valence-electron chi connectivity index (χ0n) is 9.78. The fourth-order valence-corrected chi connectivity index (χ4v) is 4.21. The van der Waals surface area contributed by atoms with Crippen LogP contribution in [0.1, 0.15) is 38.5 Å². The molecule has 1 N–H and O–H groups in total. The van der Waals surface area contributed by atoms with E-state index in [9.17, 15) is 10.4 Å². The van der Waals surface area contributed by atoms with Gasteiger partial charge in [-0.3, -0.25) is 0 Å². The molecule has 1 aliphatic carbocycles. The molecule has 3 heteroatoms. The van der Waals surface area contributed by atoms with Crippen molar-refractivity contribution in [2.24, 2.45) is 11.3 Å². The number of hydrogen-bond acceptors (Lipinski definition) is 3. The third-order valence-corrected chi connectivity index (χ3v) is 5.26. The van der Waals surface area contributed by atoms with E-state index < -0.39 is 11.0 Å². The number of piperidine rings is 1. The lowest BCUT2D eigenvalue weighted by molar-refractivity contribution is -0.118. The van der Waals surface area contributed by atoms with Gasteiger partial charge in [-0.25, -0.2) is 0 Å². The Hall–Kier alpha value is -0.590. The van der Waals surface area contributed by atoms with E-state index in [1.54, 1.807) is 0 Å². The van der Waals surface area contributed by atoms with Crippen LogP contribution in [0, 0.1) is 22.7 Å². The van der Waals surface area contributed by atoms with E-state index in [4.69, 9.17) is 0 Å². The molecule has 3 nitrogen and oxygen atoms in total. The Morgan fingerprint density at radius 2 is 1.94 bits per heavy atom. The molecular formula is C13H20N2O. The van der Waals surface area contributed by atoms with Crippen molar-refractivity contribution in [2.45, 2.75) is 44.1 Å². The van der Waals surface area contributed by atoms with E-state index in [-0.39, 0.29) is 0 Å². The van der Waals surface area contributed by atoms with Crippen molar-refractivity contribution in [3.05, 3.63) is 0 Å². The highest BCUT2D eigenvalue weighted by molar-refractivity contribution is 5.18. The molecule has 3 fully saturated rings. The second kappa shape index (κ2) is 3.45.